The lowest BCUT2D eigenvalue weighted by Crippen LogP contribution is -2.44. The van der Waals surface area contributed by atoms with Gasteiger partial charge in [-0.2, -0.15) is 0 Å². The van der Waals surface area contributed by atoms with Gasteiger partial charge in [0.05, 0.1) is 0 Å². The van der Waals surface area contributed by atoms with Gasteiger partial charge in [0, 0.05) is 113 Å². The molecule has 11 nitrogen and oxygen atoms in total. The van der Waals surface area contributed by atoms with Crippen molar-refractivity contribution in [1.29, 1.82) is 0 Å². The number of hydrogen-bond acceptors (Lipinski definition) is 11. The first-order chi connectivity index (χ1) is 46.8. The third-order valence-electron chi connectivity index (χ3n) is 21.9. The molecule has 0 saturated carbocycles. The van der Waals surface area contributed by atoms with Crippen LogP contribution in [0.4, 0.5) is 11.5 Å². The van der Waals surface area contributed by atoms with Gasteiger partial charge in [-0.3, -0.25) is 9.97 Å². The second-order valence-corrected chi connectivity index (χ2v) is 36.9. The molecule has 3 aromatic carbocycles. The first-order valence-corrected chi connectivity index (χ1v) is 38.6. The first-order valence-electron chi connectivity index (χ1n) is 38.6. The maximum atomic E-state index is 4.68. The van der Waals surface area contributed by atoms with E-state index in [9.17, 15) is 0 Å². The van der Waals surface area contributed by atoms with Crippen LogP contribution in [0, 0.1) is 0 Å². The van der Waals surface area contributed by atoms with Gasteiger partial charge in [0.1, 0.15) is 5.82 Å². The average molecular weight is 1370 g/mol. The number of likely N-dealkylation sites (tertiary alicyclic amines) is 4. The van der Waals surface area contributed by atoms with Gasteiger partial charge in [-0.15, -0.1) is 0 Å². The minimum atomic E-state index is 0.188. The number of rotatable bonds is 6. The minimum absolute atomic E-state index is 0.188. The van der Waals surface area contributed by atoms with E-state index in [1.807, 2.05) is 12.4 Å². The number of benzene rings is 3. The molecule has 6 aromatic rings. The molecule has 6 aliphatic heterocycles. The number of piperazine rings is 2. The summed E-state index contributed by atoms with van der Waals surface area (Å²) in [7, 11) is 13.2. The van der Waals surface area contributed by atoms with Gasteiger partial charge in [0.15, 0.2) is 0 Å². The number of piperidine rings is 2. The van der Waals surface area contributed by atoms with Crippen LogP contribution < -0.4 is 9.80 Å². The molecule has 3 aromatic heterocycles. The van der Waals surface area contributed by atoms with E-state index in [1.54, 1.807) is 0 Å². The van der Waals surface area contributed by atoms with Crippen LogP contribution in [0.2, 0.25) is 0 Å². The maximum absolute atomic E-state index is 4.68. The van der Waals surface area contributed by atoms with Gasteiger partial charge in [-0.25, -0.2) is 4.98 Å². The predicted octanol–water partition coefficient (Wildman–Crippen LogP) is 18.0. The molecule has 0 amide bonds. The molecule has 0 bridgehead atoms. The Bertz CT molecular complexity index is 2890. The Morgan fingerprint density at radius 3 is 0.860 bits per heavy atom. The van der Waals surface area contributed by atoms with Crippen molar-refractivity contribution in [2.75, 3.05) is 157 Å². The van der Waals surface area contributed by atoms with E-state index in [1.165, 1.54) is 159 Å². The Labute approximate surface area is 612 Å². The van der Waals surface area contributed by atoms with Crippen molar-refractivity contribution in [2.24, 2.45) is 0 Å². The van der Waals surface area contributed by atoms with Crippen LogP contribution in [0.3, 0.4) is 0 Å². The number of pyridine rings is 3. The van der Waals surface area contributed by atoms with E-state index < -0.39 is 0 Å². The fraction of sp³-hybridized carbons (Fsp3) is 0.629. The van der Waals surface area contributed by atoms with Crippen LogP contribution in [0.15, 0.2) is 128 Å². The van der Waals surface area contributed by atoms with Crippen LogP contribution >= 0.6 is 0 Å². The molecule has 6 saturated heterocycles. The van der Waals surface area contributed by atoms with Crippen LogP contribution in [-0.2, 0) is 32.5 Å². The van der Waals surface area contributed by atoms with Gasteiger partial charge in [-0.05, 0) is 239 Å². The molecular weight excluding hydrogens is 1220 g/mol. The number of anilines is 2. The van der Waals surface area contributed by atoms with Crippen LogP contribution in [0.1, 0.15) is 243 Å². The van der Waals surface area contributed by atoms with Crippen LogP contribution in [0.5, 0.6) is 0 Å². The van der Waals surface area contributed by atoms with Gasteiger partial charge in [0.25, 0.3) is 0 Å². The number of hydrogen-bond donors (Lipinski definition) is 0. The quantitative estimate of drug-likeness (QED) is 0.160. The lowest BCUT2D eigenvalue weighted by molar-refractivity contribution is 0.253. The van der Waals surface area contributed by atoms with Crippen LogP contribution in [0.25, 0.3) is 0 Å². The molecule has 6 fully saturated rings. The largest absolute Gasteiger partial charge is 0.369 e. The van der Waals surface area contributed by atoms with Gasteiger partial charge >= 0.3 is 0 Å². The summed E-state index contributed by atoms with van der Waals surface area (Å²) in [5.41, 5.74) is 16.6. The molecule has 0 aliphatic carbocycles. The Morgan fingerprint density at radius 1 is 0.250 bits per heavy atom. The van der Waals surface area contributed by atoms with E-state index in [0.717, 1.165) is 63.5 Å². The summed E-state index contributed by atoms with van der Waals surface area (Å²) in [6, 6.07) is 40.9. The molecule has 9 heterocycles. The summed E-state index contributed by atoms with van der Waals surface area (Å²) in [5, 5.41) is 0. The highest BCUT2D eigenvalue weighted by Gasteiger charge is 2.27. The Balaban J connectivity index is 0.000000169. The Morgan fingerprint density at radius 2 is 0.530 bits per heavy atom. The lowest BCUT2D eigenvalue weighted by atomic mass is 9.84. The fourth-order valence-corrected chi connectivity index (χ4v) is 14.0. The highest BCUT2D eigenvalue weighted by Crippen LogP contribution is 2.34. The summed E-state index contributed by atoms with van der Waals surface area (Å²) in [6.45, 7) is 59.2. The highest BCUT2D eigenvalue weighted by molar-refractivity contribution is 5.49. The molecule has 552 valence electrons. The summed E-state index contributed by atoms with van der Waals surface area (Å²) in [5.74, 6) is 3.95. The van der Waals surface area contributed by atoms with Crippen molar-refractivity contribution in [2.45, 2.75) is 219 Å². The van der Waals surface area contributed by atoms with E-state index in [4.69, 9.17) is 0 Å². The van der Waals surface area contributed by atoms with Crippen molar-refractivity contribution in [3.8, 4) is 0 Å². The molecule has 12 rings (SSSR count). The van der Waals surface area contributed by atoms with Crippen molar-refractivity contribution in [3.05, 3.63) is 184 Å². The van der Waals surface area contributed by atoms with Crippen LogP contribution in [-0.4, -0.2) is 191 Å². The van der Waals surface area contributed by atoms with Crippen molar-refractivity contribution < 1.29 is 0 Å². The summed E-state index contributed by atoms with van der Waals surface area (Å²) < 4.78 is 0. The molecule has 0 N–H and O–H groups in total. The lowest BCUT2D eigenvalue weighted by Gasteiger charge is -2.34. The monoisotopic (exact) mass is 1360 g/mol. The maximum Gasteiger partial charge on any atom is 0.128 e. The fourth-order valence-electron chi connectivity index (χ4n) is 14.0. The molecule has 0 spiro atoms. The molecule has 100 heavy (non-hydrogen) atoms. The molecule has 2 unspecified atom stereocenters. The van der Waals surface area contributed by atoms with Crippen molar-refractivity contribution in [3.63, 3.8) is 0 Å². The highest BCUT2D eigenvalue weighted by atomic mass is 15.3. The molecule has 2 atom stereocenters. The number of likely N-dealkylation sites (N-methyl/N-ethyl adjacent to an activating group) is 4. The second kappa shape index (κ2) is 36.3. The van der Waals surface area contributed by atoms with Gasteiger partial charge in [-0.1, -0.05) is 203 Å². The van der Waals surface area contributed by atoms with Gasteiger partial charge in [0.2, 0.25) is 0 Å². The van der Waals surface area contributed by atoms with E-state index in [2.05, 4.69) is 336 Å². The Hall–Kier alpha value is -5.53. The Kier molecular flexibility index (Phi) is 29.6. The van der Waals surface area contributed by atoms with E-state index >= 15 is 0 Å². The first kappa shape index (κ1) is 81.8. The van der Waals surface area contributed by atoms with E-state index in [0.29, 0.717) is 11.8 Å². The molecule has 0 radical (unpaired) electrons. The molecule has 6 aliphatic rings. The predicted molar refractivity (Wildman–Crippen MR) is 432 cm³/mol. The standard InChI is InChI=1S/C16H25N.2C15H24N2.C15H23N.C14H23N3.C14H22N2/c1-16(2,3)15-7-5-13(6-8-15)14-9-11-17(4)12-10-14;1-15(2,3)13-5-7-14(8-6-13)17-11-9-16(4)10-12-17;1-15(2,3)13-5-6-14(16-11-13)12-7-9-17(4)10-8-12;1-15(2,3)14-7-5-12(6-8-14)13-9-10-16(4)11-13;1-14(2,3)12-5-6-13(15-11-12)17-9-7-16(4)8-10-17;1-14(2,3)12-5-6-13(15-9-12)11-7-8-16(4)10-11/h5-8,14H,9-12H2,1-4H3;5-8H,9-12H2,1-4H3;5-6,11-12H,7-10H2,1-4H3;5-8,13H,9-11H2,1-4H3;5-6,11H,7-10H2,1-4H3;5-6,9,11H,7-8,10H2,1-4H3. The zero-order chi connectivity index (χ0) is 73.4. The molecule has 11 heteroatoms. The van der Waals surface area contributed by atoms with E-state index in [-0.39, 0.29) is 32.5 Å². The number of aromatic nitrogens is 3. The third-order valence-corrected chi connectivity index (χ3v) is 21.9. The average Bonchev–Trinajstić information content (AvgIpc) is 1.34. The smallest absolute Gasteiger partial charge is 0.128 e. The zero-order valence-electron chi connectivity index (χ0n) is 67.9. The minimum Gasteiger partial charge on any atom is -0.369 e. The third kappa shape index (κ3) is 26.0. The summed E-state index contributed by atoms with van der Waals surface area (Å²) in [6.07, 6.45) is 13.8. The normalized spacial score (nSPS) is 20.2. The van der Waals surface area contributed by atoms with Crippen molar-refractivity contribution in [1.82, 2.24) is 44.4 Å². The second-order valence-electron chi connectivity index (χ2n) is 36.9. The summed E-state index contributed by atoms with van der Waals surface area (Å²) in [4.78, 5) is 33.1. The topological polar surface area (TPSA) is 64.6 Å². The number of nitrogens with zero attached hydrogens (tertiary/aromatic N) is 11. The molecular formula is C89H141N11. The van der Waals surface area contributed by atoms with Gasteiger partial charge < -0.3 is 39.2 Å². The van der Waals surface area contributed by atoms with Crippen molar-refractivity contribution >= 4 is 11.5 Å². The zero-order valence-corrected chi connectivity index (χ0v) is 67.9. The SMILES string of the molecule is CN1CCC(c2ccc(C(C)(C)C)cc2)C1.CN1CCC(c2ccc(C(C)(C)C)cc2)CC1.CN1CCC(c2ccc(C(C)(C)C)cn2)C1.CN1CCC(c2ccc(C(C)(C)C)cn2)CC1.CN1CCN(c2ccc(C(C)(C)C)cc2)CC1.CN1CCN(c2ccc(C(C)(C)C)cn2)CC1. The summed E-state index contributed by atoms with van der Waals surface area (Å²) >= 11 is 0.